The molecule has 0 saturated carbocycles. The predicted molar refractivity (Wildman–Crippen MR) is 85.4 cm³/mol. The first-order chi connectivity index (χ1) is 10.6. The molecule has 1 amide bonds. The molecule has 3 aromatic rings. The molecule has 0 atom stereocenters. The molecule has 0 radical (unpaired) electrons. The maximum Gasteiger partial charge on any atom is 0.224 e. The first-order valence-electron chi connectivity index (χ1n) is 7.23. The normalized spacial score (nSPS) is 10.8. The van der Waals surface area contributed by atoms with Crippen molar-refractivity contribution in [1.29, 1.82) is 0 Å². The van der Waals surface area contributed by atoms with E-state index in [-0.39, 0.29) is 5.91 Å². The number of hydrogen-bond acceptors (Lipinski definition) is 3. The van der Waals surface area contributed by atoms with Crippen LogP contribution in [0, 0.1) is 13.8 Å². The van der Waals surface area contributed by atoms with E-state index in [4.69, 9.17) is 0 Å². The summed E-state index contributed by atoms with van der Waals surface area (Å²) in [7, 11) is 0. The molecule has 22 heavy (non-hydrogen) atoms. The van der Waals surface area contributed by atoms with Crippen LogP contribution in [-0.2, 0) is 17.8 Å². The van der Waals surface area contributed by atoms with Gasteiger partial charge in [-0.3, -0.25) is 9.78 Å². The third-order valence-corrected chi connectivity index (χ3v) is 3.63. The first-order valence-corrected chi connectivity index (χ1v) is 7.23. The summed E-state index contributed by atoms with van der Waals surface area (Å²) < 4.78 is 0. The average molecular weight is 294 g/mol. The van der Waals surface area contributed by atoms with Crippen LogP contribution in [0.25, 0.3) is 11.0 Å². The fraction of sp³-hybridized carbons (Fsp3) is 0.235. The highest BCUT2D eigenvalue weighted by Gasteiger charge is 2.08. The number of aromatic nitrogens is 3. The summed E-state index contributed by atoms with van der Waals surface area (Å²) in [5.74, 6) is 0.742. The molecule has 0 unspecified atom stereocenters. The van der Waals surface area contributed by atoms with Crippen molar-refractivity contribution in [3.05, 3.63) is 59.2 Å². The number of aromatic amines is 1. The number of H-pyrrole nitrogens is 1. The molecule has 0 saturated heterocycles. The number of rotatable bonds is 4. The number of carbonyl (C=O) groups excluding carboxylic acids is 1. The second-order valence-corrected chi connectivity index (χ2v) is 5.46. The highest BCUT2D eigenvalue weighted by molar-refractivity contribution is 5.79. The lowest BCUT2D eigenvalue weighted by molar-refractivity contribution is -0.120. The lowest BCUT2D eigenvalue weighted by Crippen LogP contribution is -2.25. The van der Waals surface area contributed by atoms with Gasteiger partial charge in [0.15, 0.2) is 0 Å². The standard InChI is InChI=1S/C17H18N4O/c1-11-3-4-14-15(7-11)21-16(20-14)10-19-17(22)8-13-5-6-18-9-12(13)2/h3-7,9H,8,10H2,1-2H3,(H,19,22)(H,20,21). The van der Waals surface area contributed by atoms with E-state index in [2.05, 4.69) is 20.3 Å². The molecule has 2 aromatic heterocycles. The van der Waals surface area contributed by atoms with Gasteiger partial charge in [-0.1, -0.05) is 6.07 Å². The van der Waals surface area contributed by atoms with Crippen molar-refractivity contribution in [2.75, 3.05) is 0 Å². The zero-order valence-corrected chi connectivity index (χ0v) is 12.7. The number of hydrogen-bond donors (Lipinski definition) is 2. The lowest BCUT2D eigenvalue weighted by Gasteiger charge is -2.05. The zero-order valence-electron chi connectivity index (χ0n) is 12.7. The van der Waals surface area contributed by atoms with Crippen LogP contribution in [0.5, 0.6) is 0 Å². The topological polar surface area (TPSA) is 70.7 Å². The van der Waals surface area contributed by atoms with Crippen molar-refractivity contribution in [1.82, 2.24) is 20.3 Å². The van der Waals surface area contributed by atoms with Crippen molar-refractivity contribution in [2.24, 2.45) is 0 Å². The highest BCUT2D eigenvalue weighted by atomic mass is 16.1. The predicted octanol–water partition coefficient (Wildman–Crippen LogP) is 2.43. The van der Waals surface area contributed by atoms with Crippen LogP contribution in [0.15, 0.2) is 36.7 Å². The molecule has 0 aliphatic heterocycles. The van der Waals surface area contributed by atoms with E-state index in [0.29, 0.717) is 13.0 Å². The fourth-order valence-electron chi connectivity index (χ4n) is 2.38. The van der Waals surface area contributed by atoms with Gasteiger partial charge in [-0.2, -0.15) is 0 Å². The van der Waals surface area contributed by atoms with Gasteiger partial charge in [0, 0.05) is 12.4 Å². The van der Waals surface area contributed by atoms with Crippen molar-refractivity contribution >= 4 is 16.9 Å². The Bertz CT molecular complexity index is 822. The molecule has 3 rings (SSSR count). The molecule has 5 heteroatoms. The smallest absolute Gasteiger partial charge is 0.224 e. The van der Waals surface area contributed by atoms with E-state index in [9.17, 15) is 4.79 Å². The number of fused-ring (bicyclic) bond motifs is 1. The molecule has 0 bridgehead atoms. The second-order valence-electron chi connectivity index (χ2n) is 5.46. The molecule has 0 aliphatic carbocycles. The summed E-state index contributed by atoms with van der Waals surface area (Å²) in [6.07, 6.45) is 3.83. The van der Waals surface area contributed by atoms with Gasteiger partial charge in [-0.05, 0) is 48.7 Å². The Morgan fingerprint density at radius 3 is 2.95 bits per heavy atom. The Kier molecular flexibility index (Phi) is 3.87. The molecule has 0 aliphatic rings. The minimum absolute atomic E-state index is 0.0223. The van der Waals surface area contributed by atoms with Crippen LogP contribution in [0.4, 0.5) is 0 Å². The number of pyridine rings is 1. The van der Waals surface area contributed by atoms with Gasteiger partial charge in [0.05, 0.1) is 24.0 Å². The molecule has 1 aromatic carbocycles. The van der Waals surface area contributed by atoms with E-state index in [1.165, 1.54) is 5.56 Å². The Morgan fingerprint density at radius 2 is 2.14 bits per heavy atom. The van der Waals surface area contributed by atoms with Gasteiger partial charge in [0.2, 0.25) is 5.91 Å². The van der Waals surface area contributed by atoms with Crippen molar-refractivity contribution in [2.45, 2.75) is 26.8 Å². The summed E-state index contributed by atoms with van der Waals surface area (Å²) in [5.41, 5.74) is 5.11. The molecular formula is C17H18N4O. The number of imidazole rings is 1. The molecule has 0 spiro atoms. The van der Waals surface area contributed by atoms with Gasteiger partial charge in [0.25, 0.3) is 0 Å². The van der Waals surface area contributed by atoms with Crippen LogP contribution in [0.3, 0.4) is 0 Å². The van der Waals surface area contributed by atoms with Crippen molar-refractivity contribution in [3.8, 4) is 0 Å². The van der Waals surface area contributed by atoms with Gasteiger partial charge >= 0.3 is 0 Å². The van der Waals surface area contributed by atoms with E-state index in [1.54, 1.807) is 12.4 Å². The van der Waals surface area contributed by atoms with Crippen LogP contribution in [-0.4, -0.2) is 20.9 Å². The summed E-state index contributed by atoms with van der Waals surface area (Å²) in [6, 6.07) is 7.93. The number of aryl methyl sites for hydroxylation is 2. The van der Waals surface area contributed by atoms with Crippen molar-refractivity contribution < 1.29 is 4.79 Å². The summed E-state index contributed by atoms with van der Waals surface area (Å²) in [4.78, 5) is 23.8. The third kappa shape index (κ3) is 3.14. The first kappa shape index (κ1) is 14.3. The van der Waals surface area contributed by atoms with Crippen LogP contribution in [0.2, 0.25) is 0 Å². The number of amides is 1. The SMILES string of the molecule is Cc1ccc2nc(CNC(=O)Cc3ccncc3C)[nH]c2c1. The maximum atomic E-state index is 12.0. The Morgan fingerprint density at radius 1 is 1.27 bits per heavy atom. The highest BCUT2D eigenvalue weighted by Crippen LogP contribution is 2.13. The van der Waals surface area contributed by atoms with E-state index >= 15 is 0 Å². The summed E-state index contributed by atoms with van der Waals surface area (Å²) in [6.45, 7) is 4.40. The maximum absolute atomic E-state index is 12.0. The Balaban J connectivity index is 1.63. The molecular weight excluding hydrogens is 276 g/mol. The minimum atomic E-state index is -0.0223. The van der Waals surface area contributed by atoms with Gasteiger partial charge < -0.3 is 10.3 Å². The molecule has 112 valence electrons. The molecule has 2 heterocycles. The number of nitrogens with zero attached hydrogens (tertiary/aromatic N) is 2. The van der Waals surface area contributed by atoms with Gasteiger partial charge in [-0.25, -0.2) is 4.98 Å². The molecule has 5 nitrogen and oxygen atoms in total. The average Bonchev–Trinajstić information content (AvgIpc) is 2.89. The number of nitrogens with one attached hydrogen (secondary N) is 2. The third-order valence-electron chi connectivity index (χ3n) is 3.63. The monoisotopic (exact) mass is 294 g/mol. The number of carbonyl (C=O) groups is 1. The van der Waals surface area contributed by atoms with Crippen molar-refractivity contribution in [3.63, 3.8) is 0 Å². The molecule has 0 fully saturated rings. The lowest BCUT2D eigenvalue weighted by atomic mass is 10.1. The zero-order chi connectivity index (χ0) is 15.5. The summed E-state index contributed by atoms with van der Waals surface area (Å²) in [5, 5.41) is 2.90. The van der Waals surface area contributed by atoms with Crippen LogP contribution < -0.4 is 5.32 Å². The van der Waals surface area contributed by atoms with Crippen LogP contribution >= 0.6 is 0 Å². The van der Waals surface area contributed by atoms with Gasteiger partial charge in [0.1, 0.15) is 5.82 Å². The van der Waals surface area contributed by atoms with E-state index in [0.717, 1.165) is 28.0 Å². The largest absolute Gasteiger partial charge is 0.349 e. The second kappa shape index (κ2) is 5.97. The van der Waals surface area contributed by atoms with Crippen LogP contribution in [0.1, 0.15) is 22.5 Å². The fourth-order valence-corrected chi connectivity index (χ4v) is 2.38. The van der Waals surface area contributed by atoms with Gasteiger partial charge in [-0.15, -0.1) is 0 Å². The quantitative estimate of drug-likeness (QED) is 0.776. The minimum Gasteiger partial charge on any atom is -0.349 e. The van der Waals surface area contributed by atoms with E-state index < -0.39 is 0 Å². The van der Waals surface area contributed by atoms with E-state index in [1.807, 2.05) is 38.1 Å². The molecule has 2 N–H and O–H groups in total. The Hall–Kier alpha value is -2.69. The Labute approximate surface area is 128 Å². The summed E-state index contributed by atoms with van der Waals surface area (Å²) >= 11 is 0. The number of benzene rings is 1.